The average molecular weight is 390 g/mol. The van der Waals surface area contributed by atoms with Gasteiger partial charge in [0.1, 0.15) is 5.75 Å². The monoisotopic (exact) mass is 389 g/mol. The molecule has 0 aliphatic carbocycles. The van der Waals surface area contributed by atoms with Gasteiger partial charge in [-0.15, -0.1) is 24.8 Å². The molecule has 142 valence electrons. The lowest BCUT2D eigenvalue weighted by Crippen LogP contribution is -2.53. The summed E-state index contributed by atoms with van der Waals surface area (Å²) in [5.41, 5.74) is 1.17. The van der Waals surface area contributed by atoms with E-state index < -0.39 is 0 Å². The second-order valence-electron chi connectivity index (χ2n) is 6.70. The lowest BCUT2D eigenvalue weighted by atomic mass is 9.88. The summed E-state index contributed by atoms with van der Waals surface area (Å²) in [5, 5.41) is 6.50. The first-order valence-corrected chi connectivity index (χ1v) is 8.57. The maximum atomic E-state index is 12.4. The highest BCUT2D eigenvalue weighted by Crippen LogP contribution is 2.24. The van der Waals surface area contributed by atoms with Gasteiger partial charge in [-0.1, -0.05) is 13.0 Å². The van der Waals surface area contributed by atoms with Gasteiger partial charge in [0.05, 0.1) is 7.11 Å². The van der Waals surface area contributed by atoms with Gasteiger partial charge >= 0.3 is 0 Å². The van der Waals surface area contributed by atoms with Gasteiger partial charge in [-0.25, -0.2) is 0 Å². The van der Waals surface area contributed by atoms with Crippen molar-refractivity contribution in [1.82, 2.24) is 10.6 Å². The molecule has 2 saturated heterocycles. The molecule has 25 heavy (non-hydrogen) atoms. The highest BCUT2D eigenvalue weighted by Gasteiger charge is 2.30. The van der Waals surface area contributed by atoms with Crippen molar-refractivity contribution < 1.29 is 9.53 Å². The van der Waals surface area contributed by atoms with Crippen molar-refractivity contribution in [2.75, 3.05) is 38.2 Å². The van der Waals surface area contributed by atoms with Crippen LogP contribution >= 0.6 is 24.8 Å². The van der Waals surface area contributed by atoms with Gasteiger partial charge in [0.2, 0.25) is 5.91 Å². The number of amides is 1. The molecular weight excluding hydrogens is 361 g/mol. The largest absolute Gasteiger partial charge is 0.497 e. The normalized spacial score (nSPS) is 21.2. The minimum absolute atomic E-state index is 0. The number of halogens is 2. The minimum atomic E-state index is 0. The van der Waals surface area contributed by atoms with E-state index in [1.165, 1.54) is 5.69 Å². The van der Waals surface area contributed by atoms with Crippen molar-refractivity contribution >= 4 is 36.4 Å². The molecule has 0 radical (unpaired) electrons. The van der Waals surface area contributed by atoms with Gasteiger partial charge in [-0.2, -0.15) is 0 Å². The second kappa shape index (κ2) is 10.1. The highest BCUT2D eigenvalue weighted by atomic mass is 35.5. The number of methoxy groups -OCH3 is 1. The smallest absolute Gasteiger partial charge is 0.223 e. The summed E-state index contributed by atoms with van der Waals surface area (Å²) >= 11 is 0. The number of hydrogen-bond donors (Lipinski definition) is 2. The van der Waals surface area contributed by atoms with Crippen LogP contribution in [0.2, 0.25) is 0 Å². The first-order chi connectivity index (χ1) is 11.2. The third-order valence-electron chi connectivity index (χ3n) is 5.12. The van der Waals surface area contributed by atoms with E-state index in [1.54, 1.807) is 7.11 Å². The molecule has 2 aliphatic rings. The Kier molecular flexibility index (Phi) is 8.83. The maximum Gasteiger partial charge on any atom is 0.223 e. The highest BCUT2D eigenvalue weighted by molar-refractivity contribution is 5.85. The Balaban J connectivity index is 0.00000156. The Morgan fingerprint density at radius 3 is 2.76 bits per heavy atom. The van der Waals surface area contributed by atoms with E-state index in [4.69, 9.17) is 4.74 Å². The van der Waals surface area contributed by atoms with Crippen LogP contribution in [0.5, 0.6) is 5.75 Å². The van der Waals surface area contributed by atoms with E-state index in [2.05, 4.69) is 27.7 Å². The number of piperidine rings is 1. The van der Waals surface area contributed by atoms with Crippen LogP contribution in [0.25, 0.3) is 0 Å². The van der Waals surface area contributed by atoms with E-state index in [9.17, 15) is 4.79 Å². The molecule has 3 rings (SSSR count). The number of anilines is 1. The Morgan fingerprint density at radius 1 is 1.36 bits per heavy atom. The second-order valence-corrected chi connectivity index (χ2v) is 6.70. The van der Waals surface area contributed by atoms with Crippen molar-refractivity contribution in [3.8, 4) is 5.75 Å². The number of benzene rings is 1. The van der Waals surface area contributed by atoms with Crippen LogP contribution in [-0.2, 0) is 4.79 Å². The average Bonchev–Trinajstić information content (AvgIpc) is 2.53. The predicted octanol–water partition coefficient (Wildman–Crippen LogP) is 2.48. The van der Waals surface area contributed by atoms with Crippen LogP contribution in [0.1, 0.15) is 19.8 Å². The van der Waals surface area contributed by atoms with Crippen molar-refractivity contribution in [2.24, 2.45) is 11.8 Å². The fourth-order valence-corrected chi connectivity index (χ4v) is 3.35. The first-order valence-electron chi connectivity index (χ1n) is 8.57. The van der Waals surface area contributed by atoms with Crippen molar-refractivity contribution in [3.05, 3.63) is 24.3 Å². The van der Waals surface area contributed by atoms with E-state index in [1.807, 2.05) is 19.1 Å². The molecular formula is C18H29Cl2N3O2. The summed E-state index contributed by atoms with van der Waals surface area (Å²) in [7, 11) is 1.69. The molecule has 2 aliphatic heterocycles. The summed E-state index contributed by atoms with van der Waals surface area (Å²) in [6.45, 7) is 5.88. The lowest BCUT2D eigenvalue weighted by Gasteiger charge is -2.37. The Labute approximate surface area is 162 Å². The number of hydrogen-bond acceptors (Lipinski definition) is 4. The summed E-state index contributed by atoms with van der Waals surface area (Å²) in [6, 6.07) is 8.38. The Morgan fingerprint density at radius 2 is 2.12 bits per heavy atom. The molecule has 7 heteroatoms. The topological polar surface area (TPSA) is 53.6 Å². The number of nitrogens with zero attached hydrogens (tertiary/aromatic N) is 1. The zero-order chi connectivity index (χ0) is 16.2. The summed E-state index contributed by atoms with van der Waals surface area (Å²) in [6.07, 6.45) is 2.16. The third kappa shape index (κ3) is 5.40. The standard InChI is InChI=1S/C18H27N3O2.2ClH/c1-13(14-10-19-11-14)18(22)20-15-5-4-8-21(12-15)16-6-3-7-17(9-16)23-2;;/h3,6-7,9,13-15,19H,4-5,8,10-12H2,1-2H3,(H,20,22);2*1H. The van der Waals surface area contributed by atoms with Crippen LogP contribution in [0, 0.1) is 11.8 Å². The van der Waals surface area contributed by atoms with Gasteiger partial charge in [0, 0.05) is 36.8 Å². The molecule has 0 spiro atoms. The molecule has 5 nitrogen and oxygen atoms in total. The molecule has 2 fully saturated rings. The zero-order valence-electron chi connectivity index (χ0n) is 14.9. The number of ether oxygens (including phenoxy) is 1. The van der Waals surface area contributed by atoms with E-state index in [-0.39, 0.29) is 42.7 Å². The first kappa shape index (κ1) is 21.9. The van der Waals surface area contributed by atoms with Gasteiger partial charge < -0.3 is 20.3 Å². The molecule has 2 atom stereocenters. The van der Waals surface area contributed by atoms with E-state index in [0.29, 0.717) is 5.92 Å². The van der Waals surface area contributed by atoms with Crippen molar-refractivity contribution in [1.29, 1.82) is 0 Å². The van der Waals surface area contributed by atoms with Gasteiger partial charge in [-0.3, -0.25) is 4.79 Å². The molecule has 0 aromatic heterocycles. The number of carbonyl (C=O) groups excluding carboxylic acids is 1. The molecule has 0 bridgehead atoms. The molecule has 2 unspecified atom stereocenters. The molecule has 1 amide bonds. The van der Waals surface area contributed by atoms with E-state index in [0.717, 1.165) is 44.8 Å². The quantitative estimate of drug-likeness (QED) is 0.811. The van der Waals surface area contributed by atoms with Gasteiger partial charge in [0.15, 0.2) is 0 Å². The fourth-order valence-electron chi connectivity index (χ4n) is 3.35. The zero-order valence-corrected chi connectivity index (χ0v) is 16.5. The maximum absolute atomic E-state index is 12.4. The number of rotatable bonds is 5. The van der Waals surface area contributed by atoms with Crippen LogP contribution in [0.15, 0.2) is 24.3 Å². The van der Waals surface area contributed by atoms with Crippen molar-refractivity contribution in [2.45, 2.75) is 25.8 Å². The Hall–Kier alpha value is -1.17. The summed E-state index contributed by atoms with van der Waals surface area (Å²) in [4.78, 5) is 14.8. The minimum Gasteiger partial charge on any atom is -0.497 e. The Bertz CT molecular complexity index is 555. The third-order valence-corrected chi connectivity index (χ3v) is 5.12. The van der Waals surface area contributed by atoms with Gasteiger partial charge in [-0.05, 0) is 44.0 Å². The van der Waals surface area contributed by atoms with Crippen LogP contribution < -0.4 is 20.3 Å². The molecule has 1 aromatic carbocycles. The number of carbonyl (C=O) groups is 1. The molecule has 0 saturated carbocycles. The molecule has 2 N–H and O–H groups in total. The predicted molar refractivity (Wildman–Crippen MR) is 106 cm³/mol. The molecule has 1 aromatic rings. The SMILES string of the molecule is COc1cccc(N2CCCC(NC(=O)C(C)C3CNC3)C2)c1.Cl.Cl. The fraction of sp³-hybridized carbons (Fsp3) is 0.611. The van der Waals surface area contributed by atoms with Crippen molar-refractivity contribution in [3.63, 3.8) is 0 Å². The van der Waals surface area contributed by atoms with Crippen LogP contribution in [0.3, 0.4) is 0 Å². The van der Waals surface area contributed by atoms with Crippen LogP contribution in [-0.4, -0.2) is 45.2 Å². The summed E-state index contributed by atoms with van der Waals surface area (Å²) in [5.74, 6) is 1.67. The lowest BCUT2D eigenvalue weighted by molar-refractivity contribution is -0.127. The van der Waals surface area contributed by atoms with Crippen LogP contribution in [0.4, 0.5) is 5.69 Å². The van der Waals surface area contributed by atoms with Gasteiger partial charge in [0.25, 0.3) is 0 Å². The summed E-state index contributed by atoms with van der Waals surface area (Å²) < 4.78 is 5.31. The van der Waals surface area contributed by atoms with E-state index >= 15 is 0 Å². The molecule has 2 heterocycles. The number of nitrogens with one attached hydrogen (secondary N) is 2.